The molecule has 1 aliphatic heterocycles. The van der Waals surface area contributed by atoms with E-state index in [4.69, 9.17) is 0 Å². The number of ketones is 1. The van der Waals surface area contributed by atoms with Gasteiger partial charge >= 0.3 is 0 Å². The summed E-state index contributed by atoms with van der Waals surface area (Å²) >= 11 is 0. The van der Waals surface area contributed by atoms with E-state index in [1.54, 1.807) is 0 Å². The van der Waals surface area contributed by atoms with Gasteiger partial charge in [0.15, 0.2) is 5.78 Å². The average molecular weight is 195 g/mol. The number of carbonyl (C=O) groups is 1. The molecule has 2 fully saturated rings. The molecule has 1 unspecified atom stereocenters. The van der Waals surface area contributed by atoms with E-state index in [9.17, 15) is 4.79 Å². The number of hydrogen-bond donors (Lipinski definition) is 1. The molecule has 1 atom stereocenters. The molecule has 2 aliphatic rings. The first-order chi connectivity index (χ1) is 6.77. The second-order valence-corrected chi connectivity index (χ2v) is 5.01. The van der Waals surface area contributed by atoms with Crippen molar-refractivity contribution >= 4 is 5.78 Å². The minimum absolute atomic E-state index is 0.202. The van der Waals surface area contributed by atoms with Crippen molar-refractivity contribution < 1.29 is 4.79 Å². The topological polar surface area (TPSA) is 29.1 Å². The number of nitrogens with one attached hydrogen (secondary N) is 1. The van der Waals surface area contributed by atoms with Crippen LogP contribution >= 0.6 is 0 Å². The van der Waals surface area contributed by atoms with Crippen molar-refractivity contribution in [1.29, 1.82) is 0 Å². The van der Waals surface area contributed by atoms with Crippen LogP contribution in [0.1, 0.15) is 45.4 Å². The van der Waals surface area contributed by atoms with Crippen molar-refractivity contribution in [2.45, 2.75) is 51.5 Å². The van der Waals surface area contributed by atoms with Crippen LogP contribution in [0.15, 0.2) is 0 Å². The fraction of sp³-hybridized carbons (Fsp3) is 0.917. The van der Waals surface area contributed by atoms with Gasteiger partial charge in [0.25, 0.3) is 0 Å². The number of Topliss-reactive ketones (excluding diaryl/α,β-unsaturated/α-hetero) is 1. The van der Waals surface area contributed by atoms with Gasteiger partial charge in [-0.2, -0.15) is 0 Å². The summed E-state index contributed by atoms with van der Waals surface area (Å²) in [5, 5.41) is 3.32. The molecule has 1 aliphatic carbocycles. The fourth-order valence-corrected chi connectivity index (χ4v) is 2.76. The first-order valence-corrected chi connectivity index (χ1v) is 6.04. The third kappa shape index (κ3) is 2.17. The second kappa shape index (κ2) is 4.43. The SMILES string of the molecule is CC1CCC(C(=O)C2CCCN2)CC1. The maximum atomic E-state index is 12.0. The zero-order valence-electron chi connectivity index (χ0n) is 9.09. The van der Waals surface area contributed by atoms with E-state index in [2.05, 4.69) is 12.2 Å². The van der Waals surface area contributed by atoms with Crippen molar-refractivity contribution in [3.8, 4) is 0 Å². The lowest BCUT2D eigenvalue weighted by molar-refractivity contribution is -0.125. The van der Waals surface area contributed by atoms with E-state index in [1.165, 1.54) is 19.3 Å². The van der Waals surface area contributed by atoms with Gasteiger partial charge in [0.2, 0.25) is 0 Å². The van der Waals surface area contributed by atoms with Crippen LogP contribution in [0.3, 0.4) is 0 Å². The smallest absolute Gasteiger partial charge is 0.152 e. The molecule has 14 heavy (non-hydrogen) atoms. The van der Waals surface area contributed by atoms with Gasteiger partial charge in [0.05, 0.1) is 6.04 Å². The summed E-state index contributed by atoms with van der Waals surface area (Å²) in [6.07, 6.45) is 7.03. The summed E-state index contributed by atoms with van der Waals surface area (Å²) in [6.45, 7) is 3.34. The lowest BCUT2D eigenvalue weighted by atomic mass is 9.79. The Morgan fingerprint density at radius 3 is 2.43 bits per heavy atom. The predicted octanol–water partition coefficient (Wildman–Crippen LogP) is 2.13. The third-order valence-corrected chi connectivity index (χ3v) is 3.82. The zero-order chi connectivity index (χ0) is 9.97. The lowest BCUT2D eigenvalue weighted by Gasteiger charge is -2.26. The van der Waals surface area contributed by atoms with E-state index in [0.717, 1.165) is 31.7 Å². The van der Waals surface area contributed by atoms with Gasteiger partial charge < -0.3 is 5.32 Å². The molecule has 0 aromatic carbocycles. The third-order valence-electron chi connectivity index (χ3n) is 3.82. The van der Waals surface area contributed by atoms with Crippen LogP contribution in [-0.4, -0.2) is 18.4 Å². The first kappa shape index (κ1) is 10.2. The van der Waals surface area contributed by atoms with Crippen LogP contribution in [0.2, 0.25) is 0 Å². The highest BCUT2D eigenvalue weighted by atomic mass is 16.1. The van der Waals surface area contributed by atoms with Crippen LogP contribution in [0.25, 0.3) is 0 Å². The molecule has 0 aromatic rings. The van der Waals surface area contributed by atoms with Gasteiger partial charge in [-0.3, -0.25) is 4.79 Å². The molecule has 0 spiro atoms. The maximum Gasteiger partial charge on any atom is 0.152 e. The Morgan fingerprint density at radius 2 is 1.86 bits per heavy atom. The number of hydrogen-bond acceptors (Lipinski definition) is 2. The van der Waals surface area contributed by atoms with Crippen molar-refractivity contribution in [3.05, 3.63) is 0 Å². The minimum Gasteiger partial charge on any atom is -0.307 e. The fourth-order valence-electron chi connectivity index (χ4n) is 2.76. The maximum absolute atomic E-state index is 12.0. The van der Waals surface area contributed by atoms with E-state index in [1.807, 2.05) is 0 Å². The lowest BCUT2D eigenvalue weighted by Crippen LogP contribution is -2.37. The summed E-state index contributed by atoms with van der Waals surface area (Å²) in [5.41, 5.74) is 0. The molecule has 2 heteroatoms. The molecule has 0 radical (unpaired) electrons. The van der Waals surface area contributed by atoms with Gasteiger partial charge in [-0.15, -0.1) is 0 Å². The van der Waals surface area contributed by atoms with E-state index < -0.39 is 0 Å². The van der Waals surface area contributed by atoms with E-state index >= 15 is 0 Å². The molecule has 1 saturated carbocycles. The molecule has 0 amide bonds. The van der Waals surface area contributed by atoms with Gasteiger partial charge in [0, 0.05) is 5.92 Å². The Morgan fingerprint density at radius 1 is 1.14 bits per heavy atom. The molecule has 1 N–H and O–H groups in total. The standard InChI is InChI=1S/C12H21NO/c1-9-4-6-10(7-5-9)12(14)11-3-2-8-13-11/h9-11,13H,2-8H2,1H3. The first-order valence-electron chi connectivity index (χ1n) is 6.04. The Balaban J connectivity index is 1.85. The van der Waals surface area contributed by atoms with Crippen molar-refractivity contribution in [3.63, 3.8) is 0 Å². The van der Waals surface area contributed by atoms with Crippen molar-refractivity contribution in [1.82, 2.24) is 5.32 Å². The van der Waals surface area contributed by atoms with Gasteiger partial charge in [0.1, 0.15) is 0 Å². The molecule has 80 valence electrons. The highest BCUT2D eigenvalue weighted by molar-refractivity contribution is 5.86. The summed E-state index contributed by atoms with van der Waals surface area (Å²) in [5.74, 6) is 1.73. The minimum atomic E-state index is 0.202. The average Bonchev–Trinajstić information content (AvgIpc) is 2.71. The van der Waals surface area contributed by atoms with Crippen LogP contribution in [0.5, 0.6) is 0 Å². The van der Waals surface area contributed by atoms with Gasteiger partial charge in [-0.25, -0.2) is 0 Å². The molecule has 2 rings (SSSR count). The van der Waals surface area contributed by atoms with Crippen LogP contribution in [0, 0.1) is 11.8 Å². The molecule has 0 aromatic heterocycles. The van der Waals surface area contributed by atoms with E-state index in [-0.39, 0.29) is 6.04 Å². The molecular weight excluding hydrogens is 174 g/mol. The zero-order valence-corrected chi connectivity index (χ0v) is 9.09. The Labute approximate surface area is 86.5 Å². The monoisotopic (exact) mass is 195 g/mol. The molecule has 0 bridgehead atoms. The van der Waals surface area contributed by atoms with Crippen LogP contribution < -0.4 is 5.32 Å². The Bertz CT molecular complexity index is 200. The molecule has 1 saturated heterocycles. The summed E-state index contributed by atoms with van der Waals surface area (Å²) in [7, 11) is 0. The highest BCUT2D eigenvalue weighted by Gasteiger charge is 2.30. The molecule has 1 heterocycles. The normalized spacial score (nSPS) is 38.5. The highest BCUT2D eigenvalue weighted by Crippen LogP contribution is 2.30. The van der Waals surface area contributed by atoms with Crippen LogP contribution in [-0.2, 0) is 4.79 Å². The van der Waals surface area contributed by atoms with Crippen molar-refractivity contribution in [2.75, 3.05) is 6.54 Å². The Hall–Kier alpha value is -0.370. The number of carbonyl (C=O) groups excluding carboxylic acids is 1. The summed E-state index contributed by atoms with van der Waals surface area (Å²) < 4.78 is 0. The molecule has 2 nitrogen and oxygen atoms in total. The van der Waals surface area contributed by atoms with Gasteiger partial charge in [-0.05, 0) is 38.1 Å². The number of rotatable bonds is 2. The largest absolute Gasteiger partial charge is 0.307 e. The quantitative estimate of drug-likeness (QED) is 0.731. The van der Waals surface area contributed by atoms with E-state index in [0.29, 0.717) is 11.7 Å². The van der Waals surface area contributed by atoms with Gasteiger partial charge in [-0.1, -0.05) is 19.8 Å². The summed E-state index contributed by atoms with van der Waals surface area (Å²) in [4.78, 5) is 12.0. The Kier molecular flexibility index (Phi) is 3.22. The summed E-state index contributed by atoms with van der Waals surface area (Å²) in [6, 6.07) is 0.202. The predicted molar refractivity (Wildman–Crippen MR) is 57.2 cm³/mol. The molecular formula is C12H21NO. The van der Waals surface area contributed by atoms with Crippen LogP contribution in [0.4, 0.5) is 0 Å². The van der Waals surface area contributed by atoms with Crippen molar-refractivity contribution in [2.24, 2.45) is 11.8 Å². The second-order valence-electron chi connectivity index (χ2n) is 5.01.